The molecule has 0 saturated carbocycles. The number of nitrogens with one attached hydrogen (secondary N) is 1. The first-order valence-electron chi connectivity index (χ1n) is 5.01. The first-order chi connectivity index (χ1) is 7.31. The molecule has 1 aliphatic rings. The van der Waals surface area contributed by atoms with Gasteiger partial charge >= 0.3 is 0 Å². The second-order valence-corrected chi connectivity index (χ2v) is 3.68. The molecule has 1 aromatic rings. The highest BCUT2D eigenvalue weighted by atomic mass is 15.3. The summed E-state index contributed by atoms with van der Waals surface area (Å²) in [5.41, 5.74) is 0.596. The fourth-order valence-electron chi connectivity index (χ4n) is 1.77. The summed E-state index contributed by atoms with van der Waals surface area (Å²) in [6, 6.07) is 4.27. The fraction of sp³-hybridized carbons (Fsp3) is 0.500. The van der Waals surface area contributed by atoms with Crippen LogP contribution in [0.15, 0.2) is 12.3 Å². The zero-order valence-corrected chi connectivity index (χ0v) is 8.64. The number of aromatic nitrogens is 2. The predicted molar refractivity (Wildman–Crippen MR) is 56.4 cm³/mol. The van der Waals surface area contributed by atoms with Crippen molar-refractivity contribution in [2.75, 3.05) is 24.5 Å². The van der Waals surface area contributed by atoms with Gasteiger partial charge in [0.1, 0.15) is 6.07 Å². The van der Waals surface area contributed by atoms with E-state index >= 15 is 0 Å². The number of hydrogen-bond donors (Lipinski definition) is 1. The quantitative estimate of drug-likeness (QED) is 0.703. The Morgan fingerprint density at radius 3 is 3.27 bits per heavy atom. The van der Waals surface area contributed by atoms with Crippen molar-refractivity contribution in [3.05, 3.63) is 17.8 Å². The molecule has 1 aromatic heterocycles. The van der Waals surface area contributed by atoms with Crippen LogP contribution in [0.5, 0.6) is 0 Å². The number of piperazine rings is 1. The molecule has 1 unspecified atom stereocenters. The van der Waals surface area contributed by atoms with E-state index in [1.165, 1.54) is 0 Å². The van der Waals surface area contributed by atoms with E-state index in [4.69, 9.17) is 5.26 Å². The summed E-state index contributed by atoms with van der Waals surface area (Å²) < 4.78 is 0. The highest BCUT2D eigenvalue weighted by Crippen LogP contribution is 2.16. The van der Waals surface area contributed by atoms with E-state index in [9.17, 15) is 0 Å². The lowest BCUT2D eigenvalue weighted by Crippen LogP contribution is -2.49. The zero-order chi connectivity index (χ0) is 10.7. The minimum absolute atomic E-state index is 0.423. The van der Waals surface area contributed by atoms with Crippen LogP contribution in [0.1, 0.15) is 12.5 Å². The molecule has 0 bridgehead atoms. The Labute approximate surface area is 88.7 Å². The van der Waals surface area contributed by atoms with Crippen LogP contribution in [0.25, 0.3) is 0 Å². The molecule has 0 spiro atoms. The summed E-state index contributed by atoms with van der Waals surface area (Å²) >= 11 is 0. The molecule has 0 amide bonds. The normalized spacial score (nSPS) is 21.1. The molecule has 1 N–H and O–H groups in total. The molecule has 78 valence electrons. The fourth-order valence-corrected chi connectivity index (χ4v) is 1.77. The third kappa shape index (κ3) is 2.05. The minimum Gasteiger partial charge on any atom is -0.351 e. The van der Waals surface area contributed by atoms with Gasteiger partial charge in [-0.2, -0.15) is 10.4 Å². The molecule has 0 aromatic carbocycles. The van der Waals surface area contributed by atoms with Crippen molar-refractivity contribution in [3.63, 3.8) is 0 Å². The molecule has 1 aliphatic heterocycles. The summed E-state index contributed by atoms with van der Waals surface area (Å²) in [5, 5.41) is 20.2. The Balaban J connectivity index is 2.25. The van der Waals surface area contributed by atoms with Crippen molar-refractivity contribution in [2.45, 2.75) is 13.0 Å². The van der Waals surface area contributed by atoms with E-state index in [1.54, 1.807) is 12.3 Å². The van der Waals surface area contributed by atoms with E-state index in [0.29, 0.717) is 17.4 Å². The molecule has 1 saturated heterocycles. The molecule has 2 rings (SSSR count). The number of anilines is 1. The maximum atomic E-state index is 8.95. The molecular weight excluding hydrogens is 190 g/mol. The molecule has 1 fully saturated rings. The van der Waals surface area contributed by atoms with Crippen LogP contribution in [-0.4, -0.2) is 35.9 Å². The summed E-state index contributed by atoms with van der Waals surface area (Å²) in [5.74, 6) is 0.702. The lowest BCUT2D eigenvalue weighted by molar-refractivity contribution is 0.481. The Hall–Kier alpha value is -1.67. The Kier molecular flexibility index (Phi) is 2.79. The van der Waals surface area contributed by atoms with Crippen LogP contribution in [0.4, 0.5) is 5.82 Å². The van der Waals surface area contributed by atoms with E-state index in [2.05, 4.69) is 33.4 Å². The molecule has 5 heteroatoms. The minimum atomic E-state index is 0.423. The van der Waals surface area contributed by atoms with Gasteiger partial charge in [0.15, 0.2) is 5.82 Å². The molecular formula is C10H13N5. The average molecular weight is 203 g/mol. The van der Waals surface area contributed by atoms with Crippen LogP contribution in [0.3, 0.4) is 0 Å². The smallest absolute Gasteiger partial charge is 0.169 e. The monoisotopic (exact) mass is 203 g/mol. The van der Waals surface area contributed by atoms with Crippen LogP contribution < -0.4 is 10.2 Å². The van der Waals surface area contributed by atoms with Gasteiger partial charge in [0.2, 0.25) is 0 Å². The van der Waals surface area contributed by atoms with E-state index in [1.807, 2.05) is 0 Å². The number of nitrogens with zero attached hydrogens (tertiary/aromatic N) is 4. The van der Waals surface area contributed by atoms with Crippen molar-refractivity contribution < 1.29 is 0 Å². The van der Waals surface area contributed by atoms with Crippen LogP contribution in [0, 0.1) is 11.3 Å². The largest absolute Gasteiger partial charge is 0.351 e. The van der Waals surface area contributed by atoms with Gasteiger partial charge in [-0.25, -0.2) is 0 Å². The lowest BCUT2D eigenvalue weighted by Gasteiger charge is -2.32. The topological polar surface area (TPSA) is 64.8 Å². The van der Waals surface area contributed by atoms with Crippen LogP contribution >= 0.6 is 0 Å². The number of nitriles is 1. The van der Waals surface area contributed by atoms with Gasteiger partial charge in [-0.05, 0) is 13.0 Å². The highest BCUT2D eigenvalue weighted by molar-refractivity contribution is 5.52. The second-order valence-electron chi connectivity index (χ2n) is 3.68. The van der Waals surface area contributed by atoms with Crippen molar-refractivity contribution in [1.29, 1.82) is 5.26 Å². The maximum absolute atomic E-state index is 8.95. The predicted octanol–water partition coefficient (Wildman–Crippen LogP) is 0.146. The molecule has 2 heterocycles. The maximum Gasteiger partial charge on any atom is 0.169 e. The zero-order valence-electron chi connectivity index (χ0n) is 8.64. The van der Waals surface area contributed by atoms with Crippen molar-refractivity contribution in [2.24, 2.45) is 0 Å². The molecule has 0 aliphatic carbocycles. The first-order valence-corrected chi connectivity index (χ1v) is 5.01. The van der Waals surface area contributed by atoms with Gasteiger partial charge in [0, 0.05) is 25.7 Å². The summed E-state index contributed by atoms with van der Waals surface area (Å²) in [7, 11) is 0. The van der Waals surface area contributed by atoms with Gasteiger partial charge in [-0.15, -0.1) is 5.10 Å². The number of rotatable bonds is 1. The van der Waals surface area contributed by atoms with Gasteiger partial charge in [-0.1, -0.05) is 0 Å². The van der Waals surface area contributed by atoms with Crippen LogP contribution in [0.2, 0.25) is 0 Å². The van der Waals surface area contributed by atoms with Crippen molar-refractivity contribution in [3.8, 4) is 6.07 Å². The Bertz CT molecular complexity index is 384. The molecule has 15 heavy (non-hydrogen) atoms. The summed E-state index contributed by atoms with van der Waals surface area (Å²) in [6.07, 6.45) is 1.55. The van der Waals surface area contributed by atoms with Gasteiger partial charge in [-0.3, -0.25) is 0 Å². The van der Waals surface area contributed by atoms with E-state index < -0.39 is 0 Å². The molecule has 1 atom stereocenters. The third-order valence-corrected chi connectivity index (χ3v) is 2.49. The third-order valence-electron chi connectivity index (χ3n) is 2.49. The summed E-state index contributed by atoms with van der Waals surface area (Å²) in [6.45, 7) is 4.78. The number of hydrogen-bond acceptors (Lipinski definition) is 5. The summed E-state index contributed by atoms with van der Waals surface area (Å²) in [4.78, 5) is 2.10. The lowest BCUT2D eigenvalue weighted by atomic mass is 10.2. The van der Waals surface area contributed by atoms with Crippen molar-refractivity contribution in [1.82, 2.24) is 15.5 Å². The highest BCUT2D eigenvalue weighted by Gasteiger charge is 2.19. The second kappa shape index (κ2) is 4.24. The van der Waals surface area contributed by atoms with Gasteiger partial charge in [0.05, 0.1) is 11.8 Å². The SMILES string of the molecule is CC1CN(c2nnccc2C#N)CCN1. The van der Waals surface area contributed by atoms with E-state index in [0.717, 1.165) is 19.6 Å². The Morgan fingerprint density at radius 2 is 2.53 bits per heavy atom. The van der Waals surface area contributed by atoms with Gasteiger partial charge in [0.25, 0.3) is 0 Å². The Morgan fingerprint density at radius 1 is 1.67 bits per heavy atom. The van der Waals surface area contributed by atoms with Crippen molar-refractivity contribution >= 4 is 5.82 Å². The van der Waals surface area contributed by atoms with E-state index in [-0.39, 0.29) is 0 Å². The van der Waals surface area contributed by atoms with Gasteiger partial charge < -0.3 is 10.2 Å². The first kappa shape index (κ1) is 9.87. The average Bonchev–Trinajstić information content (AvgIpc) is 2.29. The molecule has 0 radical (unpaired) electrons. The standard InChI is InChI=1S/C10H13N5/c1-8-7-15(5-4-12-8)10-9(6-11)2-3-13-14-10/h2-3,8,12H,4-5,7H2,1H3. The molecule has 5 nitrogen and oxygen atoms in total. The van der Waals surface area contributed by atoms with Crippen LogP contribution in [-0.2, 0) is 0 Å².